The lowest BCUT2D eigenvalue weighted by atomic mass is 10.6. The van der Waals surface area contributed by atoms with Gasteiger partial charge >= 0.3 is 7.60 Å². The van der Waals surface area contributed by atoms with Crippen molar-refractivity contribution >= 4 is 22.3 Å². The molecule has 8 heteroatoms. The molecule has 2 atom stereocenters. The van der Waals surface area contributed by atoms with Gasteiger partial charge in [-0.3, -0.25) is 13.7 Å². The van der Waals surface area contributed by atoms with Crippen molar-refractivity contribution in [1.29, 1.82) is 0 Å². The van der Waals surface area contributed by atoms with Crippen LogP contribution in [0.5, 0.6) is 0 Å². The fraction of sp³-hybridized carbons (Fsp3) is 1.00. The Morgan fingerprint density at radius 2 is 1.17 bits per heavy atom. The fourth-order valence-corrected chi connectivity index (χ4v) is 14.4. The van der Waals surface area contributed by atoms with Crippen LogP contribution >= 0.6 is 22.3 Å². The molecule has 1 aliphatic rings. The Bertz CT molecular complexity index is 340. The monoisotopic (exact) mass is 316 g/mol. The first-order valence-electron chi connectivity index (χ1n) is 6.48. The van der Waals surface area contributed by atoms with E-state index in [1.54, 1.807) is 0 Å². The maximum atomic E-state index is 12.6. The van der Waals surface area contributed by atoms with E-state index < -0.39 is 22.3 Å². The van der Waals surface area contributed by atoms with Crippen LogP contribution in [-0.4, -0.2) is 24.4 Å². The van der Waals surface area contributed by atoms with Gasteiger partial charge in [-0.2, -0.15) is 0 Å². The molecule has 0 aliphatic carbocycles. The van der Waals surface area contributed by atoms with Crippen molar-refractivity contribution in [3.05, 3.63) is 0 Å². The van der Waals surface area contributed by atoms with E-state index in [1.807, 2.05) is 20.8 Å². The molecular weight excluding hydrogens is 293 g/mol. The minimum atomic E-state index is -3.44. The molecule has 0 amide bonds. The van der Waals surface area contributed by atoms with Gasteiger partial charge in [0.25, 0.3) is 0 Å². The summed E-state index contributed by atoms with van der Waals surface area (Å²) >= 11 is 0. The first-order chi connectivity index (χ1) is 8.30. The summed E-state index contributed by atoms with van der Waals surface area (Å²) in [5.41, 5.74) is 0. The molecule has 0 saturated carbocycles. The Morgan fingerprint density at radius 1 is 0.778 bits per heavy atom. The molecule has 0 aromatic carbocycles. The van der Waals surface area contributed by atoms with E-state index in [0.717, 1.165) is 0 Å². The molecule has 1 rings (SSSR count). The lowest BCUT2D eigenvalue weighted by Crippen LogP contribution is -2.12. The van der Waals surface area contributed by atoms with Crippen molar-refractivity contribution in [3.8, 4) is 0 Å². The summed E-state index contributed by atoms with van der Waals surface area (Å²) in [5, 5.41) is 0. The van der Waals surface area contributed by atoms with Gasteiger partial charge in [0.15, 0.2) is 0 Å². The maximum absolute atomic E-state index is 12.6. The third-order valence-corrected chi connectivity index (χ3v) is 13.7. The van der Waals surface area contributed by atoms with Crippen LogP contribution in [0.1, 0.15) is 40.0 Å². The molecule has 0 radical (unpaired) electrons. The van der Waals surface area contributed by atoms with E-state index in [2.05, 4.69) is 0 Å². The van der Waals surface area contributed by atoms with Crippen molar-refractivity contribution in [2.75, 3.05) is 24.4 Å². The molecule has 1 heterocycles. The minimum Gasteiger partial charge on any atom is -0.292 e. The third kappa shape index (κ3) is 4.32. The van der Waals surface area contributed by atoms with Gasteiger partial charge in [0.2, 0.25) is 14.7 Å². The van der Waals surface area contributed by atoms with E-state index in [9.17, 15) is 13.7 Å². The molecule has 5 nitrogen and oxygen atoms in total. The van der Waals surface area contributed by atoms with E-state index in [0.29, 0.717) is 31.6 Å². The van der Waals surface area contributed by atoms with Crippen molar-refractivity contribution in [2.24, 2.45) is 0 Å². The van der Waals surface area contributed by atoms with Gasteiger partial charge in [-0.1, -0.05) is 20.8 Å². The van der Waals surface area contributed by atoms with Gasteiger partial charge in [-0.15, -0.1) is 0 Å². The summed E-state index contributed by atoms with van der Waals surface area (Å²) in [4.78, 5) is 0. The zero-order valence-electron chi connectivity index (χ0n) is 11.3. The number of rotatable bonds is 6. The number of hydrogen-bond donors (Lipinski definition) is 0. The molecule has 108 valence electrons. The normalized spacial score (nSPS) is 40.8. The van der Waals surface area contributed by atoms with Crippen LogP contribution in [0.3, 0.4) is 0 Å². The van der Waals surface area contributed by atoms with Crippen LogP contribution in [0, 0.1) is 0 Å². The average Bonchev–Trinajstić information content (AvgIpc) is 2.14. The quantitative estimate of drug-likeness (QED) is 0.647. The molecule has 0 spiro atoms. The first-order valence-corrected chi connectivity index (χ1v) is 12.2. The Balaban J connectivity index is 3.03. The van der Waals surface area contributed by atoms with Crippen LogP contribution in [0.15, 0.2) is 0 Å². The Labute approximate surface area is 109 Å². The second-order valence-corrected chi connectivity index (χ2v) is 13.0. The molecule has 0 aromatic heterocycles. The van der Waals surface area contributed by atoms with Gasteiger partial charge in [-0.25, -0.2) is 8.62 Å². The van der Waals surface area contributed by atoms with Crippen LogP contribution in [0.4, 0.5) is 0 Å². The largest absolute Gasteiger partial charge is 0.341 e. The van der Waals surface area contributed by atoms with E-state index in [1.165, 1.54) is 0 Å². The molecule has 2 unspecified atom stereocenters. The average molecular weight is 316 g/mol. The summed E-state index contributed by atoms with van der Waals surface area (Å²) in [7, 11) is -9.58. The fourth-order valence-electron chi connectivity index (χ4n) is 2.11. The van der Waals surface area contributed by atoms with Gasteiger partial charge in [0, 0.05) is 12.3 Å². The van der Waals surface area contributed by atoms with E-state index in [4.69, 9.17) is 8.62 Å². The Morgan fingerprint density at radius 3 is 1.50 bits per heavy atom. The summed E-state index contributed by atoms with van der Waals surface area (Å²) in [5.74, 6) is -0.0462. The summed E-state index contributed by atoms with van der Waals surface area (Å²) in [6.45, 7) is 5.61. The predicted octanol–water partition coefficient (Wildman–Crippen LogP) is 4.97. The first kappa shape index (κ1) is 16.7. The Kier molecular flexibility index (Phi) is 5.90. The highest BCUT2D eigenvalue weighted by Crippen LogP contribution is 2.81. The molecule has 1 aliphatic heterocycles. The molecular formula is C10H23O5P3. The van der Waals surface area contributed by atoms with Gasteiger partial charge < -0.3 is 0 Å². The second kappa shape index (κ2) is 6.37. The highest BCUT2D eigenvalue weighted by Gasteiger charge is 2.49. The molecule has 0 bridgehead atoms. The van der Waals surface area contributed by atoms with Crippen LogP contribution in [-0.2, 0) is 22.3 Å². The van der Waals surface area contributed by atoms with Crippen molar-refractivity contribution in [3.63, 3.8) is 0 Å². The van der Waals surface area contributed by atoms with Gasteiger partial charge in [-0.05, 0) is 19.3 Å². The Hall–Kier alpha value is 0.610. The lowest BCUT2D eigenvalue weighted by Gasteiger charge is -2.34. The SMILES string of the molecule is CCCP1(=O)CP(=O)(CCC)OP(=O)(CCC)O1. The lowest BCUT2D eigenvalue weighted by molar-refractivity contribution is 0.365. The zero-order chi connectivity index (χ0) is 13.9. The second-order valence-electron chi connectivity index (χ2n) is 4.72. The molecule has 1 saturated heterocycles. The molecule has 0 aromatic rings. The van der Waals surface area contributed by atoms with Crippen LogP contribution in [0.25, 0.3) is 0 Å². The summed E-state index contributed by atoms with van der Waals surface area (Å²) in [6.07, 6.45) is 2.77. The zero-order valence-corrected chi connectivity index (χ0v) is 14.0. The smallest absolute Gasteiger partial charge is 0.292 e. The van der Waals surface area contributed by atoms with Crippen LogP contribution < -0.4 is 0 Å². The molecule has 18 heavy (non-hydrogen) atoms. The number of hydrogen-bond acceptors (Lipinski definition) is 5. The molecule has 0 N–H and O–H groups in total. The topological polar surface area (TPSA) is 69.7 Å². The van der Waals surface area contributed by atoms with Crippen molar-refractivity contribution < 1.29 is 22.3 Å². The minimum absolute atomic E-state index is 0.0462. The molecule has 1 fully saturated rings. The summed E-state index contributed by atoms with van der Waals surface area (Å²) < 4.78 is 48.2. The van der Waals surface area contributed by atoms with E-state index >= 15 is 0 Å². The van der Waals surface area contributed by atoms with Crippen LogP contribution in [0.2, 0.25) is 0 Å². The summed E-state index contributed by atoms with van der Waals surface area (Å²) in [6, 6.07) is 0. The predicted molar refractivity (Wildman–Crippen MR) is 75.3 cm³/mol. The standard InChI is InChI=1S/C10H23O5P3/c1-4-7-16(11)10-17(12,8-5-2)15-18(13,14-16)9-6-3/h4-10H2,1-3H3. The van der Waals surface area contributed by atoms with E-state index in [-0.39, 0.29) is 12.1 Å². The third-order valence-electron chi connectivity index (χ3n) is 2.60. The van der Waals surface area contributed by atoms with Gasteiger partial charge in [0.05, 0.1) is 6.16 Å². The highest BCUT2D eigenvalue weighted by molar-refractivity contribution is 7.86. The van der Waals surface area contributed by atoms with Crippen molar-refractivity contribution in [2.45, 2.75) is 40.0 Å². The van der Waals surface area contributed by atoms with Crippen molar-refractivity contribution in [1.82, 2.24) is 0 Å². The van der Waals surface area contributed by atoms with Gasteiger partial charge in [0.1, 0.15) is 5.90 Å². The maximum Gasteiger partial charge on any atom is 0.341 e. The highest BCUT2D eigenvalue weighted by atomic mass is 31.3.